The van der Waals surface area contributed by atoms with Crippen LogP contribution in [0.25, 0.3) is 0 Å². The van der Waals surface area contributed by atoms with Crippen LogP contribution in [0.3, 0.4) is 0 Å². The maximum absolute atomic E-state index is 10.5. The van der Waals surface area contributed by atoms with Crippen molar-refractivity contribution in [1.82, 2.24) is 0 Å². The highest BCUT2D eigenvalue weighted by Gasteiger charge is 2.50. The van der Waals surface area contributed by atoms with Gasteiger partial charge in [-0.15, -0.1) is 0 Å². The summed E-state index contributed by atoms with van der Waals surface area (Å²) in [6.07, 6.45) is 14.2. The van der Waals surface area contributed by atoms with Gasteiger partial charge in [-0.05, 0) is 93.6 Å². The molecule has 0 amide bonds. The fraction of sp³-hybridized carbons (Fsp3) is 0.786. The molecule has 6 atom stereocenters. The summed E-state index contributed by atoms with van der Waals surface area (Å²) in [6, 6.07) is 0. The first-order chi connectivity index (χ1) is 14.3. The summed E-state index contributed by atoms with van der Waals surface area (Å²) in [5, 5.41) is 30.8. The second-order valence-electron chi connectivity index (χ2n) is 12.1. The molecule has 0 aromatic heterocycles. The molecule has 0 saturated heterocycles. The van der Waals surface area contributed by atoms with E-state index in [2.05, 4.69) is 32.6 Å². The third-order valence-electron chi connectivity index (χ3n) is 8.69. The molecule has 3 rings (SSSR count). The van der Waals surface area contributed by atoms with Crippen molar-refractivity contribution in [2.24, 2.45) is 23.2 Å². The molecule has 3 fully saturated rings. The monoisotopic (exact) mass is 430 g/mol. The highest BCUT2D eigenvalue weighted by Crippen LogP contribution is 2.60. The predicted octanol–water partition coefficient (Wildman–Crippen LogP) is 6.09. The fourth-order valence-corrected chi connectivity index (χ4v) is 7.00. The molecule has 0 aliphatic heterocycles. The Hall–Kier alpha value is -0.900. The highest BCUT2D eigenvalue weighted by atomic mass is 16.3. The van der Waals surface area contributed by atoms with Crippen LogP contribution in [0, 0.1) is 23.2 Å². The smallest absolute Gasteiger partial charge is 0.0814 e. The number of aliphatic hydroxyl groups is 3. The molecule has 0 spiro atoms. The minimum Gasteiger partial charge on any atom is -0.390 e. The van der Waals surface area contributed by atoms with Crippen molar-refractivity contribution in [3.05, 3.63) is 35.5 Å². The first kappa shape index (κ1) is 24.7. The van der Waals surface area contributed by atoms with Gasteiger partial charge in [-0.25, -0.2) is 0 Å². The highest BCUT2D eigenvalue weighted by molar-refractivity contribution is 5.39. The number of hydrogen-bond acceptors (Lipinski definition) is 3. The van der Waals surface area contributed by atoms with Crippen LogP contribution in [0.2, 0.25) is 0 Å². The van der Waals surface area contributed by atoms with E-state index in [1.807, 2.05) is 20.8 Å². The Labute approximate surface area is 190 Å². The van der Waals surface area contributed by atoms with Gasteiger partial charge in [-0.3, -0.25) is 0 Å². The molecule has 3 aliphatic carbocycles. The molecule has 3 heteroatoms. The standard InChI is InChI=1S/C28H46O3/c1-19(9-7-15-26(3,4)30)23-13-14-24-21(10-8-16-28(23,24)6)11-12-22-17-27(5,31)18-25(29)20(22)2/h11-12,19,23-25,29-31H,2,7-10,13-18H2,1,3-6H3/t19-,23+,24-,25+,27-,28+/m0/s1. The summed E-state index contributed by atoms with van der Waals surface area (Å²) in [4.78, 5) is 0. The normalized spacial score (nSPS) is 40.4. The van der Waals surface area contributed by atoms with Gasteiger partial charge >= 0.3 is 0 Å². The Morgan fingerprint density at radius 1 is 1.23 bits per heavy atom. The van der Waals surface area contributed by atoms with E-state index in [4.69, 9.17) is 0 Å². The first-order valence-corrected chi connectivity index (χ1v) is 12.5. The third kappa shape index (κ3) is 5.72. The van der Waals surface area contributed by atoms with Crippen molar-refractivity contribution in [3.8, 4) is 0 Å². The number of rotatable bonds is 6. The average molecular weight is 431 g/mol. The Morgan fingerprint density at radius 2 is 1.94 bits per heavy atom. The molecule has 0 aromatic rings. The molecule has 0 bridgehead atoms. The van der Waals surface area contributed by atoms with Crippen molar-refractivity contribution in [3.63, 3.8) is 0 Å². The lowest BCUT2D eigenvalue weighted by molar-refractivity contribution is 0.00361. The van der Waals surface area contributed by atoms with Gasteiger partial charge in [0, 0.05) is 12.8 Å². The predicted molar refractivity (Wildman–Crippen MR) is 129 cm³/mol. The van der Waals surface area contributed by atoms with E-state index < -0.39 is 17.3 Å². The molecule has 176 valence electrons. The fourth-order valence-electron chi connectivity index (χ4n) is 7.00. The van der Waals surface area contributed by atoms with E-state index in [0.717, 1.165) is 36.3 Å². The van der Waals surface area contributed by atoms with Crippen LogP contribution >= 0.6 is 0 Å². The number of fused-ring (bicyclic) bond motifs is 1. The topological polar surface area (TPSA) is 60.7 Å². The number of aliphatic hydroxyl groups excluding tert-OH is 1. The molecule has 0 radical (unpaired) electrons. The molecular weight excluding hydrogens is 384 g/mol. The van der Waals surface area contributed by atoms with Gasteiger partial charge in [-0.1, -0.05) is 51.0 Å². The summed E-state index contributed by atoms with van der Waals surface area (Å²) in [6.45, 7) is 14.7. The maximum atomic E-state index is 10.5. The minimum absolute atomic E-state index is 0.366. The molecule has 3 saturated carbocycles. The van der Waals surface area contributed by atoms with E-state index in [0.29, 0.717) is 30.1 Å². The zero-order valence-electron chi connectivity index (χ0n) is 20.6. The number of hydrogen-bond donors (Lipinski definition) is 3. The van der Waals surface area contributed by atoms with E-state index in [1.165, 1.54) is 32.1 Å². The molecule has 3 N–H and O–H groups in total. The van der Waals surface area contributed by atoms with Crippen LogP contribution in [0.5, 0.6) is 0 Å². The van der Waals surface area contributed by atoms with Gasteiger partial charge in [0.2, 0.25) is 0 Å². The van der Waals surface area contributed by atoms with Crippen LogP contribution in [-0.4, -0.2) is 32.6 Å². The van der Waals surface area contributed by atoms with E-state index in [-0.39, 0.29) is 0 Å². The van der Waals surface area contributed by atoms with E-state index >= 15 is 0 Å². The van der Waals surface area contributed by atoms with Gasteiger partial charge in [0.25, 0.3) is 0 Å². The van der Waals surface area contributed by atoms with Crippen molar-refractivity contribution in [2.75, 3.05) is 0 Å². The van der Waals surface area contributed by atoms with E-state index in [9.17, 15) is 15.3 Å². The molecule has 0 unspecified atom stereocenters. The Kier molecular flexibility index (Phi) is 7.30. The Morgan fingerprint density at radius 3 is 2.61 bits per heavy atom. The van der Waals surface area contributed by atoms with Crippen LogP contribution in [-0.2, 0) is 0 Å². The van der Waals surface area contributed by atoms with Crippen LogP contribution < -0.4 is 0 Å². The van der Waals surface area contributed by atoms with Crippen molar-refractivity contribution in [2.45, 2.75) is 116 Å². The second kappa shape index (κ2) is 9.15. The quantitative estimate of drug-likeness (QED) is 0.477. The lowest BCUT2D eigenvalue weighted by Crippen LogP contribution is -2.37. The van der Waals surface area contributed by atoms with E-state index in [1.54, 1.807) is 5.57 Å². The van der Waals surface area contributed by atoms with Crippen molar-refractivity contribution >= 4 is 0 Å². The molecule has 3 nitrogen and oxygen atoms in total. The summed E-state index contributed by atoms with van der Waals surface area (Å²) in [5.41, 5.74) is 2.27. The van der Waals surface area contributed by atoms with Crippen molar-refractivity contribution in [1.29, 1.82) is 0 Å². The lowest BCUT2D eigenvalue weighted by Gasteiger charge is -2.44. The van der Waals surface area contributed by atoms with Gasteiger partial charge in [0.15, 0.2) is 0 Å². The SMILES string of the molecule is C=C1C(=CC=C2CCC[C@]3(C)[C@@H]([C@@H](C)CCCC(C)(C)O)CC[C@@H]23)C[C@](C)(O)C[C@H]1O. The van der Waals surface area contributed by atoms with Crippen molar-refractivity contribution < 1.29 is 15.3 Å². The van der Waals surface area contributed by atoms with Gasteiger partial charge < -0.3 is 15.3 Å². The van der Waals surface area contributed by atoms with Crippen LogP contribution in [0.4, 0.5) is 0 Å². The van der Waals surface area contributed by atoms with Gasteiger partial charge in [0.05, 0.1) is 17.3 Å². The first-order valence-electron chi connectivity index (χ1n) is 12.5. The molecule has 0 heterocycles. The van der Waals surface area contributed by atoms with Gasteiger partial charge in [0.1, 0.15) is 0 Å². The zero-order valence-corrected chi connectivity index (χ0v) is 20.6. The molecule has 3 aliphatic rings. The van der Waals surface area contributed by atoms with Crippen LogP contribution in [0.15, 0.2) is 35.5 Å². The largest absolute Gasteiger partial charge is 0.390 e. The second-order valence-corrected chi connectivity index (χ2v) is 12.1. The molecular formula is C28H46O3. The maximum Gasteiger partial charge on any atom is 0.0814 e. The molecule has 31 heavy (non-hydrogen) atoms. The Bertz CT molecular complexity index is 723. The summed E-state index contributed by atoms with van der Waals surface area (Å²) in [7, 11) is 0. The number of allylic oxidation sites excluding steroid dienone is 3. The zero-order chi connectivity index (χ0) is 23.0. The lowest BCUT2D eigenvalue weighted by atomic mass is 9.60. The summed E-state index contributed by atoms with van der Waals surface area (Å²) < 4.78 is 0. The average Bonchev–Trinajstić information content (AvgIpc) is 2.99. The summed E-state index contributed by atoms with van der Waals surface area (Å²) >= 11 is 0. The Balaban J connectivity index is 1.72. The summed E-state index contributed by atoms with van der Waals surface area (Å²) in [5.74, 6) is 2.09. The van der Waals surface area contributed by atoms with Crippen LogP contribution in [0.1, 0.15) is 98.8 Å². The van der Waals surface area contributed by atoms with Gasteiger partial charge in [-0.2, -0.15) is 0 Å². The third-order valence-corrected chi connectivity index (χ3v) is 8.69. The minimum atomic E-state index is -0.858. The molecule has 0 aromatic carbocycles.